The van der Waals surface area contributed by atoms with Crippen molar-refractivity contribution in [1.29, 1.82) is 0 Å². The molecule has 0 saturated carbocycles. The first kappa shape index (κ1) is 26.8. The van der Waals surface area contributed by atoms with Crippen LogP contribution in [0.25, 0.3) is 11.3 Å². The lowest BCUT2D eigenvalue weighted by Gasteiger charge is -2.14. The van der Waals surface area contributed by atoms with Gasteiger partial charge in [-0.3, -0.25) is 9.71 Å². The zero-order chi connectivity index (χ0) is 27.4. The van der Waals surface area contributed by atoms with E-state index in [4.69, 9.17) is 4.74 Å². The molecule has 0 radical (unpaired) electrons. The highest BCUT2D eigenvalue weighted by atomic mass is 32.2. The van der Waals surface area contributed by atoms with Crippen LogP contribution in [0.2, 0.25) is 0 Å². The van der Waals surface area contributed by atoms with Crippen LogP contribution in [0.1, 0.15) is 11.3 Å². The van der Waals surface area contributed by atoms with E-state index in [-0.39, 0.29) is 23.0 Å². The second kappa shape index (κ2) is 11.0. The average Bonchev–Trinajstić information content (AvgIpc) is 2.90. The number of hydrogen-bond acceptors (Lipinski definition) is 7. The lowest BCUT2D eigenvalue weighted by molar-refractivity contribution is -0.141. The van der Waals surface area contributed by atoms with Crippen molar-refractivity contribution in [1.82, 2.24) is 19.9 Å². The van der Waals surface area contributed by atoms with Crippen LogP contribution in [-0.4, -0.2) is 31.2 Å². The van der Waals surface area contributed by atoms with E-state index in [2.05, 4.69) is 25.3 Å². The van der Waals surface area contributed by atoms with Crippen molar-refractivity contribution in [3.05, 3.63) is 83.7 Å². The molecule has 2 N–H and O–H groups in total. The van der Waals surface area contributed by atoms with E-state index in [1.54, 1.807) is 19.2 Å². The monoisotopic (exact) mass is 554 g/mol. The normalized spacial score (nSPS) is 12.2. The van der Waals surface area contributed by atoms with Gasteiger partial charge in [0.1, 0.15) is 22.4 Å². The standard InChI is InChI=1S/C23H16F6N6O2S/c1-30-22-32-8-6-15(34-22)13-3-2-7-31-21(13)37-16-9-14(24)20(19(26)18(16)25)35-38(36)11-12-4-5-17(33-10-12)23(27,28)29/h2-10,35H,11H2,1H3,(H,30,32,34). The number of anilines is 2. The molecule has 15 heteroatoms. The van der Waals surface area contributed by atoms with Crippen molar-refractivity contribution in [3.63, 3.8) is 0 Å². The third-order valence-corrected chi connectivity index (χ3v) is 5.91. The van der Waals surface area contributed by atoms with Gasteiger partial charge in [0.25, 0.3) is 0 Å². The lowest BCUT2D eigenvalue weighted by Crippen LogP contribution is -2.12. The number of ether oxygens (including phenoxy) is 1. The van der Waals surface area contributed by atoms with Gasteiger partial charge in [-0.2, -0.15) is 17.6 Å². The third kappa shape index (κ3) is 5.99. The molecular weight excluding hydrogens is 538 g/mol. The van der Waals surface area contributed by atoms with Crippen LogP contribution in [0.15, 0.2) is 55.0 Å². The van der Waals surface area contributed by atoms with Crippen LogP contribution in [-0.2, 0) is 22.9 Å². The average molecular weight is 554 g/mol. The van der Waals surface area contributed by atoms with Crippen LogP contribution in [0.4, 0.5) is 38.0 Å². The Morgan fingerprint density at radius 2 is 1.79 bits per heavy atom. The largest absolute Gasteiger partial charge is 0.435 e. The first-order valence-electron chi connectivity index (χ1n) is 10.6. The molecule has 1 aromatic carbocycles. The van der Waals surface area contributed by atoms with E-state index in [1.165, 1.54) is 18.5 Å². The summed E-state index contributed by atoms with van der Waals surface area (Å²) in [6, 6.07) is 6.85. The highest BCUT2D eigenvalue weighted by Crippen LogP contribution is 2.35. The van der Waals surface area contributed by atoms with E-state index in [9.17, 15) is 30.6 Å². The highest BCUT2D eigenvalue weighted by molar-refractivity contribution is 7.85. The molecule has 0 fully saturated rings. The topological polar surface area (TPSA) is 102 Å². The molecule has 0 aliphatic rings. The molecule has 4 rings (SSSR count). The van der Waals surface area contributed by atoms with Gasteiger partial charge >= 0.3 is 6.18 Å². The Morgan fingerprint density at radius 1 is 1.00 bits per heavy atom. The Bertz CT molecular complexity index is 1490. The quantitative estimate of drug-likeness (QED) is 0.220. The van der Waals surface area contributed by atoms with Crippen molar-refractivity contribution in [2.75, 3.05) is 17.1 Å². The van der Waals surface area contributed by atoms with E-state index in [0.29, 0.717) is 17.8 Å². The zero-order valence-electron chi connectivity index (χ0n) is 19.2. The fourth-order valence-electron chi connectivity index (χ4n) is 3.12. The number of alkyl halides is 3. The Balaban J connectivity index is 1.55. The van der Waals surface area contributed by atoms with Gasteiger partial charge in [-0.1, -0.05) is 6.07 Å². The molecule has 3 aromatic heterocycles. The van der Waals surface area contributed by atoms with Gasteiger partial charge in [-0.15, -0.1) is 0 Å². The number of rotatable bonds is 8. The summed E-state index contributed by atoms with van der Waals surface area (Å²) in [6.45, 7) is 0. The number of aromatic nitrogens is 4. The Hall–Kier alpha value is -4.27. The summed E-state index contributed by atoms with van der Waals surface area (Å²) < 4.78 is 102. The predicted molar refractivity (Wildman–Crippen MR) is 126 cm³/mol. The van der Waals surface area contributed by atoms with Gasteiger partial charge in [0.2, 0.25) is 17.6 Å². The maximum absolute atomic E-state index is 14.8. The summed E-state index contributed by atoms with van der Waals surface area (Å²) >= 11 is 0. The molecule has 38 heavy (non-hydrogen) atoms. The molecule has 3 heterocycles. The summed E-state index contributed by atoms with van der Waals surface area (Å²) in [6.07, 6.45) is -1.07. The molecule has 0 spiro atoms. The predicted octanol–water partition coefficient (Wildman–Crippen LogP) is 5.48. The Morgan fingerprint density at radius 3 is 2.47 bits per heavy atom. The van der Waals surface area contributed by atoms with E-state index < -0.39 is 57.5 Å². The number of benzene rings is 1. The van der Waals surface area contributed by atoms with Gasteiger partial charge in [-0.25, -0.2) is 27.9 Å². The molecule has 198 valence electrons. The summed E-state index contributed by atoms with van der Waals surface area (Å²) in [5, 5.41) is 2.75. The molecule has 8 nitrogen and oxygen atoms in total. The van der Waals surface area contributed by atoms with Crippen LogP contribution < -0.4 is 14.8 Å². The van der Waals surface area contributed by atoms with Crippen LogP contribution in [0, 0.1) is 17.5 Å². The molecule has 0 aliphatic heterocycles. The first-order chi connectivity index (χ1) is 18.1. The fourth-order valence-corrected chi connectivity index (χ4v) is 4.08. The summed E-state index contributed by atoms with van der Waals surface area (Å²) in [5.74, 6) is -5.90. The molecule has 4 aromatic rings. The zero-order valence-corrected chi connectivity index (χ0v) is 20.0. The fraction of sp³-hybridized carbons (Fsp3) is 0.130. The van der Waals surface area contributed by atoms with Crippen molar-refractivity contribution in [3.8, 4) is 22.9 Å². The van der Waals surface area contributed by atoms with Crippen molar-refractivity contribution >= 4 is 22.6 Å². The second-order valence-corrected chi connectivity index (χ2v) is 8.66. The second-order valence-electron chi connectivity index (χ2n) is 7.47. The van der Waals surface area contributed by atoms with Crippen molar-refractivity contribution in [2.45, 2.75) is 11.9 Å². The highest BCUT2D eigenvalue weighted by Gasteiger charge is 2.32. The molecule has 0 aliphatic carbocycles. The molecule has 1 atom stereocenters. The van der Waals surface area contributed by atoms with Crippen molar-refractivity contribution < 1.29 is 35.3 Å². The lowest BCUT2D eigenvalue weighted by atomic mass is 10.2. The Kier molecular flexibility index (Phi) is 7.75. The molecule has 0 amide bonds. The maximum Gasteiger partial charge on any atom is 0.433 e. The molecular formula is C23H16F6N6O2S. The minimum absolute atomic E-state index is 0.0823. The minimum Gasteiger partial charge on any atom is -0.435 e. The minimum atomic E-state index is -4.66. The van der Waals surface area contributed by atoms with E-state index in [1.807, 2.05) is 4.72 Å². The number of pyridine rings is 2. The number of nitrogens with zero attached hydrogens (tertiary/aromatic N) is 4. The number of hydrogen-bond donors (Lipinski definition) is 2. The smallest absolute Gasteiger partial charge is 0.433 e. The van der Waals surface area contributed by atoms with Crippen LogP contribution >= 0.6 is 0 Å². The van der Waals surface area contributed by atoms with Gasteiger partial charge in [0.15, 0.2) is 17.4 Å². The Labute approximate surface area is 213 Å². The molecule has 1 unspecified atom stereocenters. The molecule has 0 saturated heterocycles. The van der Waals surface area contributed by atoms with E-state index in [0.717, 1.165) is 12.3 Å². The first-order valence-corrected chi connectivity index (χ1v) is 11.9. The number of halogens is 6. The van der Waals surface area contributed by atoms with Gasteiger partial charge in [0, 0.05) is 31.7 Å². The van der Waals surface area contributed by atoms with Crippen LogP contribution in [0.3, 0.4) is 0 Å². The molecule has 0 bridgehead atoms. The van der Waals surface area contributed by atoms with Gasteiger partial charge in [0.05, 0.1) is 17.0 Å². The number of nitrogens with one attached hydrogen (secondary N) is 2. The maximum atomic E-state index is 14.8. The van der Waals surface area contributed by atoms with E-state index >= 15 is 0 Å². The summed E-state index contributed by atoms with van der Waals surface area (Å²) in [4.78, 5) is 15.4. The third-order valence-electron chi connectivity index (χ3n) is 4.89. The van der Waals surface area contributed by atoms with Crippen molar-refractivity contribution in [2.24, 2.45) is 0 Å². The van der Waals surface area contributed by atoms with Gasteiger partial charge < -0.3 is 10.1 Å². The SMILES string of the molecule is CNc1nccc(-c2cccnc2Oc2cc(F)c(NS(=O)Cc3ccc(C(F)(F)F)nc3)c(F)c2F)n1. The van der Waals surface area contributed by atoms with Gasteiger partial charge in [-0.05, 0) is 29.8 Å². The van der Waals surface area contributed by atoms with Crippen LogP contribution in [0.5, 0.6) is 11.6 Å². The summed E-state index contributed by atoms with van der Waals surface area (Å²) in [7, 11) is -0.645. The summed E-state index contributed by atoms with van der Waals surface area (Å²) in [5.41, 5.74) is -1.52.